The van der Waals surface area contributed by atoms with Crippen molar-refractivity contribution in [1.29, 1.82) is 0 Å². The zero-order chi connectivity index (χ0) is 13.8. The van der Waals surface area contributed by atoms with Crippen LogP contribution in [0.5, 0.6) is 0 Å². The maximum atomic E-state index is 13.1. The average molecular weight is 262 g/mol. The van der Waals surface area contributed by atoms with Crippen LogP contribution in [-0.2, 0) is 6.42 Å². The molecule has 2 aromatic rings. The molecule has 2 N–H and O–H groups in total. The number of aryl methyl sites for hydroxylation is 2. The Bertz CT molecular complexity index is 594. The van der Waals surface area contributed by atoms with E-state index in [1.807, 2.05) is 6.92 Å². The highest BCUT2D eigenvalue weighted by Crippen LogP contribution is 2.14. The van der Waals surface area contributed by atoms with Gasteiger partial charge < -0.3 is 5.32 Å². The molecule has 0 spiro atoms. The number of aromatic amines is 1. The van der Waals surface area contributed by atoms with Crippen molar-refractivity contribution in [3.63, 3.8) is 0 Å². The normalized spacial score (nSPS) is 10.5. The second kappa shape index (κ2) is 5.60. The fourth-order valence-corrected chi connectivity index (χ4v) is 1.65. The highest BCUT2D eigenvalue weighted by Gasteiger charge is 2.12. The molecular formula is C13H15FN4O. The zero-order valence-electron chi connectivity index (χ0n) is 10.8. The Morgan fingerprint density at radius 2 is 2.26 bits per heavy atom. The van der Waals surface area contributed by atoms with Crippen molar-refractivity contribution in [2.45, 2.75) is 26.7 Å². The molecule has 6 heteroatoms. The van der Waals surface area contributed by atoms with Crippen LogP contribution in [-0.4, -0.2) is 21.1 Å². The smallest absolute Gasteiger partial charge is 0.295 e. The molecule has 0 fully saturated rings. The van der Waals surface area contributed by atoms with Crippen molar-refractivity contribution in [2.75, 3.05) is 5.32 Å². The molecule has 2 rings (SSSR count). The summed E-state index contributed by atoms with van der Waals surface area (Å²) in [7, 11) is 0. The van der Waals surface area contributed by atoms with E-state index in [-0.39, 0.29) is 11.6 Å². The summed E-state index contributed by atoms with van der Waals surface area (Å²) < 4.78 is 13.1. The molecule has 1 aromatic carbocycles. The first-order chi connectivity index (χ1) is 9.10. The van der Waals surface area contributed by atoms with E-state index >= 15 is 0 Å². The molecule has 0 atom stereocenters. The number of rotatable bonds is 4. The van der Waals surface area contributed by atoms with E-state index in [1.165, 1.54) is 12.1 Å². The zero-order valence-corrected chi connectivity index (χ0v) is 10.8. The van der Waals surface area contributed by atoms with Gasteiger partial charge in [-0.1, -0.05) is 6.92 Å². The predicted molar refractivity (Wildman–Crippen MR) is 69.5 cm³/mol. The lowest BCUT2D eigenvalue weighted by Gasteiger charge is -2.04. The van der Waals surface area contributed by atoms with E-state index in [9.17, 15) is 9.18 Å². The molecule has 0 bridgehead atoms. The lowest BCUT2D eigenvalue weighted by molar-refractivity contribution is 0.101. The third-order valence-corrected chi connectivity index (χ3v) is 2.64. The number of hydrogen-bond acceptors (Lipinski definition) is 3. The molecule has 0 unspecified atom stereocenters. The SMILES string of the molecule is CCCc1nc(C(=O)Nc2ccc(F)c(C)c2)n[nH]1. The van der Waals surface area contributed by atoms with Crippen LogP contribution in [0.25, 0.3) is 0 Å². The van der Waals surface area contributed by atoms with Gasteiger partial charge in [-0.05, 0) is 37.1 Å². The van der Waals surface area contributed by atoms with Crippen molar-refractivity contribution in [3.05, 3.63) is 41.2 Å². The maximum absolute atomic E-state index is 13.1. The Morgan fingerprint density at radius 3 is 2.95 bits per heavy atom. The molecular weight excluding hydrogens is 247 g/mol. The van der Waals surface area contributed by atoms with Crippen LogP contribution in [0.2, 0.25) is 0 Å². The molecule has 19 heavy (non-hydrogen) atoms. The largest absolute Gasteiger partial charge is 0.319 e. The van der Waals surface area contributed by atoms with E-state index in [1.54, 1.807) is 13.0 Å². The lowest BCUT2D eigenvalue weighted by atomic mass is 10.2. The second-order valence-electron chi connectivity index (χ2n) is 4.27. The lowest BCUT2D eigenvalue weighted by Crippen LogP contribution is -2.14. The molecule has 0 radical (unpaired) electrons. The maximum Gasteiger partial charge on any atom is 0.295 e. The van der Waals surface area contributed by atoms with Gasteiger partial charge in [-0.15, -0.1) is 5.10 Å². The van der Waals surface area contributed by atoms with Crippen LogP contribution in [0.15, 0.2) is 18.2 Å². The molecule has 0 aliphatic rings. The van der Waals surface area contributed by atoms with Gasteiger partial charge in [0.25, 0.3) is 5.91 Å². The first-order valence-corrected chi connectivity index (χ1v) is 6.09. The Hall–Kier alpha value is -2.24. The third kappa shape index (κ3) is 3.15. The minimum absolute atomic E-state index is 0.0884. The standard InChI is InChI=1S/C13H15FN4O/c1-3-4-11-16-12(18-17-11)13(19)15-9-5-6-10(14)8(2)7-9/h5-7H,3-4H2,1-2H3,(H,15,19)(H,16,17,18). The van der Waals surface area contributed by atoms with Gasteiger partial charge in [0.15, 0.2) is 0 Å². The van der Waals surface area contributed by atoms with Crippen molar-refractivity contribution in [3.8, 4) is 0 Å². The Labute approximate surface area is 110 Å². The number of carbonyl (C=O) groups excluding carboxylic acids is 1. The number of hydrogen-bond donors (Lipinski definition) is 2. The Morgan fingerprint density at radius 1 is 1.47 bits per heavy atom. The monoisotopic (exact) mass is 262 g/mol. The number of nitrogens with one attached hydrogen (secondary N) is 2. The van der Waals surface area contributed by atoms with Crippen molar-refractivity contribution < 1.29 is 9.18 Å². The van der Waals surface area contributed by atoms with Gasteiger partial charge >= 0.3 is 0 Å². The summed E-state index contributed by atoms with van der Waals surface area (Å²) in [6.07, 6.45) is 1.67. The number of anilines is 1. The average Bonchev–Trinajstić information content (AvgIpc) is 2.83. The summed E-state index contributed by atoms with van der Waals surface area (Å²) >= 11 is 0. The van der Waals surface area contributed by atoms with E-state index in [2.05, 4.69) is 20.5 Å². The molecule has 1 aromatic heterocycles. The van der Waals surface area contributed by atoms with Crippen LogP contribution in [0.1, 0.15) is 35.4 Å². The quantitative estimate of drug-likeness (QED) is 0.889. The molecule has 1 amide bonds. The van der Waals surface area contributed by atoms with E-state index in [0.717, 1.165) is 12.8 Å². The number of aromatic nitrogens is 3. The number of amides is 1. The minimum Gasteiger partial charge on any atom is -0.319 e. The van der Waals surface area contributed by atoms with Gasteiger partial charge in [-0.25, -0.2) is 9.37 Å². The number of benzene rings is 1. The Balaban J connectivity index is 2.09. The second-order valence-corrected chi connectivity index (χ2v) is 4.27. The van der Waals surface area contributed by atoms with Gasteiger partial charge in [-0.3, -0.25) is 9.89 Å². The number of nitrogens with zero attached hydrogens (tertiary/aromatic N) is 2. The molecule has 1 heterocycles. The van der Waals surface area contributed by atoms with Gasteiger partial charge in [0.05, 0.1) is 0 Å². The van der Waals surface area contributed by atoms with Gasteiger partial charge in [0.1, 0.15) is 11.6 Å². The van der Waals surface area contributed by atoms with Crippen LogP contribution in [0, 0.1) is 12.7 Å². The summed E-state index contributed by atoms with van der Waals surface area (Å²) in [5, 5.41) is 9.19. The van der Waals surface area contributed by atoms with E-state index in [4.69, 9.17) is 0 Å². The number of H-pyrrole nitrogens is 1. The van der Waals surface area contributed by atoms with Crippen molar-refractivity contribution >= 4 is 11.6 Å². The van der Waals surface area contributed by atoms with Crippen molar-refractivity contribution in [1.82, 2.24) is 15.2 Å². The van der Waals surface area contributed by atoms with Crippen LogP contribution in [0.4, 0.5) is 10.1 Å². The van der Waals surface area contributed by atoms with Crippen LogP contribution in [0.3, 0.4) is 0 Å². The van der Waals surface area contributed by atoms with Gasteiger partial charge in [-0.2, -0.15) is 0 Å². The van der Waals surface area contributed by atoms with E-state index < -0.39 is 5.91 Å². The number of halogens is 1. The molecule has 5 nitrogen and oxygen atoms in total. The molecule has 100 valence electrons. The van der Waals surface area contributed by atoms with Crippen LogP contribution < -0.4 is 5.32 Å². The highest BCUT2D eigenvalue weighted by molar-refractivity contribution is 6.01. The summed E-state index contributed by atoms with van der Waals surface area (Å²) in [4.78, 5) is 16.0. The molecule has 0 aliphatic carbocycles. The highest BCUT2D eigenvalue weighted by atomic mass is 19.1. The fourth-order valence-electron chi connectivity index (χ4n) is 1.65. The predicted octanol–water partition coefficient (Wildman–Crippen LogP) is 2.46. The molecule has 0 aliphatic heterocycles. The topological polar surface area (TPSA) is 70.7 Å². The van der Waals surface area contributed by atoms with Crippen molar-refractivity contribution in [2.24, 2.45) is 0 Å². The minimum atomic E-state index is -0.412. The summed E-state index contributed by atoms with van der Waals surface area (Å²) in [6.45, 7) is 3.65. The van der Waals surface area contributed by atoms with E-state index in [0.29, 0.717) is 17.1 Å². The summed E-state index contributed by atoms with van der Waals surface area (Å²) in [6, 6.07) is 4.37. The summed E-state index contributed by atoms with van der Waals surface area (Å²) in [5.41, 5.74) is 0.991. The van der Waals surface area contributed by atoms with Gasteiger partial charge in [0, 0.05) is 12.1 Å². The molecule has 0 saturated heterocycles. The van der Waals surface area contributed by atoms with Gasteiger partial charge in [0.2, 0.25) is 5.82 Å². The number of carbonyl (C=O) groups is 1. The fraction of sp³-hybridized carbons (Fsp3) is 0.308. The van der Waals surface area contributed by atoms with Crippen LogP contribution >= 0.6 is 0 Å². The first kappa shape index (κ1) is 13.2. The molecule has 0 saturated carbocycles. The summed E-state index contributed by atoms with van der Waals surface area (Å²) in [5.74, 6) is 0.0547. The first-order valence-electron chi connectivity index (χ1n) is 6.09. The third-order valence-electron chi connectivity index (χ3n) is 2.64. The Kier molecular flexibility index (Phi) is 3.89.